The SMILES string of the molecule is CCOc1ccc(C(=O)N2Cc3ccccc3C2)cc1CNC(=O)[C@@H](N)Cc1c(C)cc(O)cc1C.O=C(O)C(F)(F)F. The summed E-state index contributed by atoms with van der Waals surface area (Å²) < 4.78 is 37.5. The number of hydrogen-bond donors (Lipinski definition) is 4. The highest BCUT2D eigenvalue weighted by molar-refractivity contribution is 5.95. The third kappa shape index (κ3) is 8.71. The molecule has 0 aliphatic carbocycles. The molecule has 230 valence electrons. The van der Waals surface area contributed by atoms with Crippen LogP contribution in [0, 0.1) is 13.8 Å². The van der Waals surface area contributed by atoms with Crippen LogP contribution in [0.25, 0.3) is 0 Å². The van der Waals surface area contributed by atoms with Gasteiger partial charge in [0.05, 0.1) is 12.6 Å². The van der Waals surface area contributed by atoms with E-state index in [9.17, 15) is 27.9 Å². The first kappa shape index (κ1) is 32.9. The molecule has 0 radical (unpaired) electrons. The van der Waals surface area contributed by atoms with Crippen LogP contribution in [0.2, 0.25) is 0 Å². The van der Waals surface area contributed by atoms with Gasteiger partial charge in [-0.05, 0) is 85.3 Å². The molecule has 0 saturated carbocycles. The van der Waals surface area contributed by atoms with E-state index in [1.807, 2.05) is 49.9 Å². The van der Waals surface area contributed by atoms with Crippen molar-refractivity contribution in [2.45, 2.75) is 59.0 Å². The topological polar surface area (TPSA) is 142 Å². The second-order valence-corrected chi connectivity index (χ2v) is 10.1. The number of alkyl halides is 3. The monoisotopic (exact) mass is 601 g/mol. The van der Waals surface area contributed by atoms with Crippen molar-refractivity contribution in [3.8, 4) is 11.5 Å². The van der Waals surface area contributed by atoms with E-state index < -0.39 is 18.2 Å². The number of nitrogens with zero attached hydrogens (tertiary/aromatic N) is 1. The lowest BCUT2D eigenvalue weighted by molar-refractivity contribution is -0.192. The number of aromatic hydroxyl groups is 1. The van der Waals surface area contributed by atoms with Gasteiger partial charge in [-0.15, -0.1) is 0 Å². The van der Waals surface area contributed by atoms with Gasteiger partial charge in [0.2, 0.25) is 5.91 Å². The van der Waals surface area contributed by atoms with E-state index in [4.69, 9.17) is 20.4 Å². The van der Waals surface area contributed by atoms with Gasteiger partial charge in [-0.1, -0.05) is 24.3 Å². The summed E-state index contributed by atoms with van der Waals surface area (Å²) in [4.78, 5) is 36.8. The fourth-order valence-corrected chi connectivity index (χ4v) is 4.72. The molecule has 2 amide bonds. The van der Waals surface area contributed by atoms with E-state index in [-0.39, 0.29) is 24.1 Å². The number of hydrogen-bond acceptors (Lipinski definition) is 6. The zero-order chi connectivity index (χ0) is 31.9. The van der Waals surface area contributed by atoms with Crippen LogP contribution in [-0.4, -0.2) is 51.7 Å². The summed E-state index contributed by atoms with van der Waals surface area (Å²) in [6.07, 6.45) is -4.73. The lowest BCUT2D eigenvalue weighted by atomic mass is 9.96. The number of ether oxygens (including phenoxy) is 1. The van der Waals surface area contributed by atoms with Crippen molar-refractivity contribution in [2.24, 2.45) is 5.73 Å². The Labute approximate surface area is 247 Å². The van der Waals surface area contributed by atoms with Gasteiger partial charge in [0, 0.05) is 30.8 Å². The highest BCUT2D eigenvalue weighted by atomic mass is 19.4. The minimum absolute atomic E-state index is 0.0585. The largest absolute Gasteiger partial charge is 0.508 e. The number of halogens is 3. The van der Waals surface area contributed by atoms with E-state index in [1.54, 1.807) is 30.3 Å². The van der Waals surface area contributed by atoms with Crippen molar-refractivity contribution in [2.75, 3.05) is 6.61 Å². The third-order valence-electron chi connectivity index (χ3n) is 6.87. The number of carboxylic acid groups (broad SMARTS) is 1. The summed E-state index contributed by atoms with van der Waals surface area (Å²) in [5.74, 6) is -2.29. The molecule has 1 heterocycles. The predicted octanol–water partition coefficient (Wildman–Crippen LogP) is 4.38. The molecule has 12 heteroatoms. The van der Waals surface area contributed by atoms with Gasteiger partial charge in [0.15, 0.2) is 0 Å². The third-order valence-corrected chi connectivity index (χ3v) is 6.87. The minimum Gasteiger partial charge on any atom is -0.508 e. The highest BCUT2D eigenvalue weighted by Gasteiger charge is 2.38. The second kappa shape index (κ2) is 14.1. The van der Waals surface area contributed by atoms with Crippen LogP contribution >= 0.6 is 0 Å². The number of aliphatic carboxylic acids is 1. The molecule has 1 aliphatic heterocycles. The van der Waals surface area contributed by atoms with E-state index >= 15 is 0 Å². The summed E-state index contributed by atoms with van der Waals surface area (Å²) in [7, 11) is 0. The Hall–Kier alpha value is -4.58. The van der Waals surface area contributed by atoms with Crippen LogP contribution in [0.15, 0.2) is 54.6 Å². The zero-order valence-corrected chi connectivity index (χ0v) is 24.0. The van der Waals surface area contributed by atoms with E-state index in [1.165, 1.54) is 0 Å². The normalized spacial score (nSPS) is 13.0. The molecular formula is C31H34F3N3O6. The number of carbonyl (C=O) groups excluding carboxylic acids is 2. The van der Waals surface area contributed by atoms with Gasteiger partial charge in [-0.25, -0.2) is 4.79 Å². The van der Waals surface area contributed by atoms with Crippen molar-refractivity contribution in [3.63, 3.8) is 0 Å². The van der Waals surface area contributed by atoms with E-state index in [2.05, 4.69) is 5.32 Å². The maximum Gasteiger partial charge on any atom is 0.490 e. The molecule has 0 saturated heterocycles. The molecule has 43 heavy (non-hydrogen) atoms. The van der Waals surface area contributed by atoms with Gasteiger partial charge in [0.1, 0.15) is 11.5 Å². The van der Waals surface area contributed by atoms with Crippen molar-refractivity contribution >= 4 is 17.8 Å². The van der Waals surface area contributed by atoms with Crippen LogP contribution < -0.4 is 15.8 Å². The molecule has 0 bridgehead atoms. The minimum atomic E-state index is -5.08. The van der Waals surface area contributed by atoms with Crippen molar-refractivity contribution < 1.29 is 42.5 Å². The highest BCUT2D eigenvalue weighted by Crippen LogP contribution is 2.27. The summed E-state index contributed by atoms with van der Waals surface area (Å²) in [5.41, 5.74) is 12.6. The maximum atomic E-state index is 13.2. The number of nitrogens with two attached hydrogens (primary N) is 1. The lowest BCUT2D eigenvalue weighted by Crippen LogP contribution is -2.42. The Balaban J connectivity index is 0.000000646. The fraction of sp³-hybridized carbons (Fsp3) is 0.323. The predicted molar refractivity (Wildman–Crippen MR) is 152 cm³/mol. The average Bonchev–Trinajstić information content (AvgIpc) is 3.38. The Morgan fingerprint density at radius 3 is 2.09 bits per heavy atom. The van der Waals surface area contributed by atoms with Crippen LogP contribution in [0.1, 0.15) is 50.7 Å². The van der Waals surface area contributed by atoms with Crippen LogP contribution in [0.4, 0.5) is 13.2 Å². The number of aryl methyl sites for hydroxylation is 2. The van der Waals surface area contributed by atoms with Crippen LogP contribution in [0.3, 0.4) is 0 Å². The number of benzene rings is 3. The smallest absolute Gasteiger partial charge is 0.490 e. The molecule has 0 aromatic heterocycles. The Bertz CT molecular complexity index is 1440. The molecule has 9 nitrogen and oxygen atoms in total. The van der Waals surface area contributed by atoms with Crippen molar-refractivity contribution in [1.82, 2.24) is 10.2 Å². The van der Waals surface area contributed by atoms with Crippen LogP contribution in [0.5, 0.6) is 11.5 Å². The first-order valence-electron chi connectivity index (χ1n) is 13.5. The number of carbonyl (C=O) groups is 3. The quantitative estimate of drug-likeness (QED) is 0.300. The molecule has 3 aromatic rings. The number of phenols is 1. The average molecular weight is 602 g/mol. The van der Waals surface area contributed by atoms with Crippen molar-refractivity contribution in [3.05, 3.63) is 93.5 Å². The van der Waals surface area contributed by atoms with Crippen LogP contribution in [-0.2, 0) is 35.6 Å². The second-order valence-electron chi connectivity index (χ2n) is 10.1. The van der Waals surface area contributed by atoms with Crippen molar-refractivity contribution in [1.29, 1.82) is 0 Å². The Morgan fingerprint density at radius 2 is 1.58 bits per heavy atom. The number of carboxylic acids is 1. The molecule has 1 atom stereocenters. The molecule has 4 rings (SSSR count). The number of fused-ring (bicyclic) bond motifs is 1. The lowest BCUT2D eigenvalue weighted by Gasteiger charge is -2.19. The standard InChI is InChI=1S/C29H33N3O4.C2HF3O2/c1-4-36-27-10-9-20(29(35)32-16-21-7-5-6-8-22(21)17-32)13-23(27)15-31-28(34)26(30)14-25-18(2)11-24(33)12-19(25)3;3-2(4,5)1(6)7/h5-13,26,33H,4,14-17,30H2,1-3H3,(H,31,34);(H,6,7)/t26-;/m0./s1. The molecular weight excluding hydrogens is 567 g/mol. The molecule has 3 aromatic carbocycles. The first-order valence-corrected chi connectivity index (χ1v) is 13.5. The van der Waals surface area contributed by atoms with Gasteiger partial charge in [0.25, 0.3) is 5.91 Å². The van der Waals surface area contributed by atoms with E-state index in [0.717, 1.165) is 33.4 Å². The molecule has 0 unspecified atom stereocenters. The van der Waals surface area contributed by atoms with E-state index in [0.29, 0.717) is 37.4 Å². The number of nitrogens with one attached hydrogen (secondary N) is 1. The molecule has 0 spiro atoms. The first-order chi connectivity index (χ1) is 20.2. The fourth-order valence-electron chi connectivity index (χ4n) is 4.72. The summed E-state index contributed by atoms with van der Waals surface area (Å²) in [6.45, 7) is 7.50. The number of amides is 2. The number of phenolic OH excluding ortho intramolecular Hbond substituents is 1. The van der Waals surface area contributed by atoms with Gasteiger partial charge in [-0.2, -0.15) is 13.2 Å². The van der Waals surface area contributed by atoms with Gasteiger partial charge >= 0.3 is 12.1 Å². The van der Waals surface area contributed by atoms with Gasteiger partial charge < -0.3 is 30.9 Å². The maximum absolute atomic E-state index is 13.2. The summed E-state index contributed by atoms with van der Waals surface area (Å²) in [5, 5.41) is 19.8. The Kier molecular flexibility index (Phi) is 10.8. The summed E-state index contributed by atoms with van der Waals surface area (Å²) in [6, 6.07) is 16.0. The number of rotatable bonds is 8. The van der Waals surface area contributed by atoms with Gasteiger partial charge in [-0.3, -0.25) is 9.59 Å². The molecule has 0 fully saturated rings. The molecule has 1 aliphatic rings. The molecule has 5 N–H and O–H groups in total. The zero-order valence-electron chi connectivity index (χ0n) is 24.0. The Morgan fingerprint density at radius 1 is 1.02 bits per heavy atom. The summed E-state index contributed by atoms with van der Waals surface area (Å²) >= 11 is 0.